The lowest BCUT2D eigenvalue weighted by Gasteiger charge is -2.29. The van der Waals surface area contributed by atoms with Gasteiger partial charge in [-0.1, -0.05) is 48.0 Å². The molecular weight excluding hydrogens is 681 g/mol. The van der Waals surface area contributed by atoms with Crippen LogP contribution in [0.1, 0.15) is 41.4 Å². The predicted molar refractivity (Wildman–Crippen MR) is 172 cm³/mol. The SMILES string of the molecule is Cc1ccc(-c2cc(C(F)(F)F)nn2-c2ccc(S(=O)(=O)NC(=O)OCC3CCCN(/N=N\OC(C)OC(=O)c4ccccc4)C3)cc2)cc1. The Labute approximate surface area is 285 Å². The van der Waals surface area contributed by atoms with E-state index in [4.69, 9.17) is 14.3 Å². The van der Waals surface area contributed by atoms with Gasteiger partial charge in [0.1, 0.15) is 0 Å². The molecule has 0 aliphatic carbocycles. The van der Waals surface area contributed by atoms with Crippen LogP contribution >= 0.6 is 0 Å². The Kier molecular flexibility index (Phi) is 11.0. The molecule has 1 amide bonds. The van der Waals surface area contributed by atoms with Gasteiger partial charge in [0.05, 0.1) is 28.4 Å². The molecule has 50 heavy (non-hydrogen) atoms. The summed E-state index contributed by atoms with van der Waals surface area (Å²) in [6, 6.07) is 21.0. The second kappa shape index (κ2) is 15.4. The third kappa shape index (κ3) is 9.37. The molecule has 5 rings (SSSR count). The number of esters is 1. The summed E-state index contributed by atoms with van der Waals surface area (Å²) in [5.74, 6) is -0.771. The van der Waals surface area contributed by atoms with Gasteiger partial charge in [-0.15, -0.1) is 0 Å². The number of rotatable bonds is 11. The number of nitrogens with zero attached hydrogens (tertiary/aromatic N) is 5. The summed E-state index contributed by atoms with van der Waals surface area (Å²) >= 11 is 0. The van der Waals surface area contributed by atoms with E-state index < -0.39 is 40.2 Å². The van der Waals surface area contributed by atoms with Crippen molar-refractivity contribution in [1.29, 1.82) is 0 Å². The Morgan fingerprint density at radius 1 is 1.04 bits per heavy atom. The van der Waals surface area contributed by atoms with Gasteiger partial charge in [-0.3, -0.25) is 5.01 Å². The highest BCUT2D eigenvalue weighted by molar-refractivity contribution is 7.90. The number of hydrogen-bond donors (Lipinski definition) is 1. The molecule has 1 aromatic heterocycles. The fourth-order valence-corrected chi connectivity index (χ4v) is 5.91. The molecule has 0 saturated carbocycles. The number of sulfonamides is 1. The van der Waals surface area contributed by atoms with Gasteiger partial charge in [0.2, 0.25) is 0 Å². The molecule has 2 unspecified atom stereocenters. The Bertz CT molecular complexity index is 1920. The fourth-order valence-electron chi connectivity index (χ4n) is 5.02. The lowest BCUT2D eigenvalue weighted by atomic mass is 10.0. The number of amides is 1. The Balaban J connectivity index is 1.13. The molecule has 17 heteroatoms. The second-order valence-corrected chi connectivity index (χ2v) is 13.1. The van der Waals surface area contributed by atoms with E-state index in [1.807, 2.05) is 11.6 Å². The van der Waals surface area contributed by atoms with Crippen LogP contribution in [0.3, 0.4) is 0 Å². The van der Waals surface area contributed by atoms with E-state index in [1.54, 1.807) is 59.6 Å². The van der Waals surface area contributed by atoms with Crippen LogP contribution in [0.4, 0.5) is 18.0 Å². The molecule has 1 aliphatic heterocycles. The first-order chi connectivity index (χ1) is 23.8. The molecular formula is C33H33F3N6O7S. The van der Waals surface area contributed by atoms with Crippen LogP contribution in [0.5, 0.6) is 0 Å². The first-order valence-electron chi connectivity index (χ1n) is 15.4. The number of nitrogens with one attached hydrogen (secondary N) is 1. The number of carbonyl (C=O) groups is 2. The highest BCUT2D eigenvalue weighted by Gasteiger charge is 2.35. The number of benzene rings is 3. The normalized spacial score (nSPS) is 15.8. The standard InChI is InChI=1S/C33H33F3N6O7S/c1-22-10-12-25(13-11-22)29-19-30(33(34,35)36)37-42(29)27-14-16-28(17-15-27)50(45,46)38-32(44)47-21-24-7-6-18-41(20-24)39-40-49-23(2)48-31(43)26-8-4-3-5-9-26/h3-5,8-17,19,23-24H,6-7,18,20-21H2,1-2H3,(H,38,44)/b40-39-. The molecule has 1 saturated heterocycles. The Morgan fingerprint density at radius 3 is 2.42 bits per heavy atom. The molecule has 1 aliphatic rings. The van der Waals surface area contributed by atoms with Crippen LogP contribution in [0, 0.1) is 12.8 Å². The molecule has 4 aromatic rings. The van der Waals surface area contributed by atoms with Crippen molar-refractivity contribution in [3.63, 3.8) is 0 Å². The Morgan fingerprint density at radius 2 is 1.74 bits per heavy atom. The van der Waals surface area contributed by atoms with Gasteiger partial charge in [-0.25, -0.2) is 27.4 Å². The number of halogens is 3. The van der Waals surface area contributed by atoms with Gasteiger partial charge in [-0.2, -0.15) is 18.3 Å². The molecule has 3 aromatic carbocycles. The third-order valence-electron chi connectivity index (χ3n) is 7.55. The first kappa shape index (κ1) is 35.8. The second-order valence-electron chi connectivity index (χ2n) is 11.4. The van der Waals surface area contributed by atoms with Crippen molar-refractivity contribution in [2.45, 2.75) is 44.1 Å². The number of aromatic nitrogens is 2. The van der Waals surface area contributed by atoms with Gasteiger partial charge >= 0.3 is 18.2 Å². The zero-order valence-corrected chi connectivity index (χ0v) is 27.7. The van der Waals surface area contributed by atoms with E-state index in [0.717, 1.165) is 28.4 Å². The number of piperidine rings is 1. The van der Waals surface area contributed by atoms with Gasteiger partial charge in [0.25, 0.3) is 16.3 Å². The largest absolute Gasteiger partial charge is 0.448 e. The lowest BCUT2D eigenvalue weighted by Crippen LogP contribution is -2.36. The maximum Gasteiger partial charge on any atom is 0.435 e. The highest BCUT2D eigenvalue weighted by atomic mass is 32.2. The van der Waals surface area contributed by atoms with Gasteiger partial charge < -0.3 is 14.3 Å². The van der Waals surface area contributed by atoms with Crippen LogP contribution in [-0.4, -0.2) is 61.3 Å². The Hall–Kier alpha value is -5.45. The van der Waals surface area contributed by atoms with E-state index >= 15 is 0 Å². The molecule has 2 heterocycles. The number of alkyl halides is 3. The van der Waals surface area contributed by atoms with Crippen molar-refractivity contribution in [2.24, 2.45) is 16.4 Å². The fraction of sp³-hybridized carbons (Fsp3) is 0.303. The van der Waals surface area contributed by atoms with Gasteiger partial charge in [-0.05, 0) is 67.5 Å². The molecule has 0 bridgehead atoms. The molecule has 0 spiro atoms. The summed E-state index contributed by atoms with van der Waals surface area (Å²) in [6.45, 7) is 4.10. The van der Waals surface area contributed by atoms with E-state index in [0.29, 0.717) is 37.1 Å². The smallest absolute Gasteiger partial charge is 0.435 e. The average Bonchev–Trinajstić information content (AvgIpc) is 3.55. The van der Waals surface area contributed by atoms with Crippen LogP contribution < -0.4 is 4.72 Å². The van der Waals surface area contributed by atoms with E-state index in [9.17, 15) is 31.2 Å². The molecule has 264 valence electrons. The third-order valence-corrected chi connectivity index (χ3v) is 8.87. The van der Waals surface area contributed by atoms with E-state index in [2.05, 4.69) is 15.6 Å². The topological polar surface area (TPSA) is 154 Å². The predicted octanol–water partition coefficient (Wildman–Crippen LogP) is 6.50. The van der Waals surface area contributed by atoms with E-state index in [1.165, 1.54) is 19.1 Å². The number of aryl methyl sites for hydroxylation is 1. The number of ether oxygens (including phenoxy) is 2. The number of carbonyl (C=O) groups excluding carboxylic acids is 2. The minimum absolute atomic E-state index is 0.110. The molecule has 13 nitrogen and oxygen atoms in total. The number of hydrogen-bond acceptors (Lipinski definition) is 10. The summed E-state index contributed by atoms with van der Waals surface area (Å²) < 4.78 is 79.7. The lowest BCUT2D eigenvalue weighted by molar-refractivity contribution is -0.141. The maximum absolute atomic E-state index is 13.5. The molecule has 2 atom stereocenters. The van der Waals surface area contributed by atoms with Crippen molar-refractivity contribution >= 4 is 22.1 Å². The highest BCUT2D eigenvalue weighted by Crippen LogP contribution is 2.33. The van der Waals surface area contributed by atoms with Crippen molar-refractivity contribution < 1.29 is 45.5 Å². The van der Waals surface area contributed by atoms with Crippen LogP contribution in [0.2, 0.25) is 0 Å². The quantitative estimate of drug-likeness (QED) is 0.0794. The maximum atomic E-state index is 13.5. The van der Waals surface area contributed by atoms with Crippen molar-refractivity contribution in [3.05, 3.63) is 102 Å². The van der Waals surface area contributed by atoms with Gasteiger partial charge in [0.15, 0.2) is 5.69 Å². The molecule has 0 radical (unpaired) electrons. The van der Waals surface area contributed by atoms with Crippen LogP contribution in [0.25, 0.3) is 16.9 Å². The zero-order valence-electron chi connectivity index (χ0n) is 26.9. The van der Waals surface area contributed by atoms with E-state index in [-0.39, 0.29) is 28.8 Å². The summed E-state index contributed by atoms with van der Waals surface area (Å²) in [5.41, 5.74) is 0.976. The summed E-state index contributed by atoms with van der Waals surface area (Å²) in [5, 5.41) is 12.9. The minimum Gasteiger partial charge on any atom is -0.448 e. The summed E-state index contributed by atoms with van der Waals surface area (Å²) in [6.07, 6.45) is -5.54. The first-order valence-corrected chi connectivity index (χ1v) is 16.9. The van der Waals surface area contributed by atoms with Crippen molar-refractivity contribution in [1.82, 2.24) is 19.5 Å². The summed E-state index contributed by atoms with van der Waals surface area (Å²) in [4.78, 5) is 29.4. The van der Waals surface area contributed by atoms with Crippen LogP contribution in [0.15, 0.2) is 100 Å². The monoisotopic (exact) mass is 714 g/mol. The van der Waals surface area contributed by atoms with Crippen molar-refractivity contribution in [2.75, 3.05) is 19.7 Å². The van der Waals surface area contributed by atoms with Crippen LogP contribution in [-0.2, 0) is 30.5 Å². The molecule has 1 N–H and O–H groups in total. The van der Waals surface area contributed by atoms with Crippen molar-refractivity contribution in [3.8, 4) is 16.9 Å². The average molecular weight is 715 g/mol. The minimum atomic E-state index is -4.70. The molecule has 1 fully saturated rings. The van der Waals surface area contributed by atoms with Gasteiger partial charge in [0, 0.05) is 36.8 Å². The zero-order chi connectivity index (χ0) is 35.9. The summed E-state index contributed by atoms with van der Waals surface area (Å²) in [7, 11) is -4.38.